The lowest BCUT2D eigenvalue weighted by Gasteiger charge is -2.08. The van der Waals surface area contributed by atoms with Crippen molar-refractivity contribution in [3.63, 3.8) is 0 Å². The molecule has 4 nitrogen and oxygen atoms in total. The van der Waals surface area contributed by atoms with Gasteiger partial charge in [-0.25, -0.2) is 4.98 Å². The minimum Gasteiger partial charge on any atom is -0.397 e. The second-order valence-electron chi connectivity index (χ2n) is 4.21. The zero-order valence-electron chi connectivity index (χ0n) is 9.74. The first kappa shape index (κ1) is 11.5. The van der Waals surface area contributed by atoms with Gasteiger partial charge in [0.05, 0.1) is 17.4 Å². The normalized spacial score (nSPS) is 14.2. The third-order valence-electron chi connectivity index (χ3n) is 2.90. The highest BCUT2D eigenvalue weighted by molar-refractivity contribution is 5.57. The minimum absolute atomic E-state index is 0.505. The van der Waals surface area contributed by atoms with Gasteiger partial charge in [-0.1, -0.05) is 11.6 Å². The first-order chi connectivity index (χ1) is 8.29. The van der Waals surface area contributed by atoms with Crippen LogP contribution in [0.25, 0.3) is 0 Å². The van der Waals surface area contributed by atoms with Crippen LogP contribution in [0, 0.1) is 11.3 Å². The van der Waals surface area contributed by atoms with Gasteiger partial charge in [0.2, 0.25) is 0 Å². The second kappa shape index (κ2) is 5.35. The fourth-order valence-corrected chi connectivity index (χ4v) is 2.01. The third-order valence-corrected chi connectivity index (χ3v) is 2.90. The number of anilines is 2. The summed E-state index contributed by atoms with van der Waals surface area (Å²) in [5, 5.41) is 12.1. The summed E-state index contributed by atoms with van der Waals surface area (Å²) >= 11 is 0. The lowest BCUT2D eigenvalue weighted by atomic mass is 10.1. The number of hydrogen-bond acceptors (Lipinski definition) is 4. The van der Waals surface area contributed by atoms with E-state index in [-0.39, 0.29) is 0 Å². The summed E-state index contributed by atoms with van der Waals surface area (Å²) in [7, 11) is 0. The van der Waals surface area contributed by atoms with Gasteiger partial charge in [0.15, 0.2) is 0 Å². The van der Waals surface area contributed by atoms with Gasteiger partial charge < -0.3 is 11.1 Å². The molecule has 4 heteroatoms. The molecule has 0 radical (unpaired) electrons. The Morgan fingerprint density at radius 1 is 1.53 bits per heavy atom. The van der Waals surface area contributed by atoms with Gasteiger partial charge >= 0.3 is 0 Å². The molecule has 0 unspecified atom stereocenters. The van der Waals surface area contributed by atoms with Crippen molar-refractivity contribution in [3.05, 3.63) is 29.5 Å². The molecule has 0 aromatic carbocycles. The molecule has 0 atom stereocenters. The van der Waals surface area contributed by atoms with Crippen LogP contribution >= 0.6 is 0 Å². The van der Waals surface area contributed by atoms with E-state index in [0.29, 0.717) is 17.1 Å². The number of nitrogens with one attached hydrogen (secondary N) is 1. The molecule has 0 saturated heterocycles. The number of nitrogens with zero attached hydrogens (tertiary/aromatic N) is 2. The maximum atomic E-state index is 8.96. The number of nitrogen functional groups attached to an aromatic ring is 1. The number of allylic oxidation sites excluding steroid dienone is 1. The van der Waals surface area contributed by atoms with E-state index in [0.717, 1.165) is 13.0 Å². The standard InChI is InChI=1S/C13H16N4/c14-8-11-7-12(15)9-17-13(11)16-6-5-10-3-1-2-4-10/h3,7,9H,1-2,4-6,15H2,(H,16,17). The highest BCUT2D eigenvalue weighted by Gasteiger charge is 2.06. The SMILES string of the molecule is N#Cc1cc(N)cnc1NCCC1=CCCC1. The van der Waals surface area contributed by atoms with Crippen LogP contribution in [0.4, 0.5) is 11.5 Å². The predicted molar refractivity (Wildman–Crippen MR) is 68.4 cm³/mol. The largest absolute Gasteiger partial charge is 0.397 e. The number of aromatic nitrogens is 1. The lowest BCUT2D eigenvalue weighted by molar-refractivity contribution is 0.862. The maximum absolute atomic E-state index is 8.96. The Morgan fingerprint density at radius 2 is 2.41 bits per heavy atom. The molecule has 2 rings (SSSR count). The topological polar surface area (TPSA) is 74.7 Å². The zero-order chi connectivity index (χ0) is 12.1. The Bertz CT molecular complexity index is 471. The molecule has 0 bridgehead atoms. The van der Waals surface area contributed by atoms with Crippen molar-refractivity contribution in [2.75, 3.05) is 17.6 Å². The van der Waals surface area contributed by atoms with E-state index in [1.165, 1.54) is 24.8 Å². The summed E-state index contributed by atoms with van der Waals surface area (Å²) < 4.78 is 0. The Balaban J connectivity index is 1.92. The van der Waals surface area contributed by atoms with Gasteiger partial charge in [-0.2, -0.15) is 5.26 Å². The molecular weight excluding hydrogens is 212 g/mol. The van der Waals surface area contributed by atoms with Gasteiger partial charge in [-0.05, 0) is 31.7 Å². The van der Waals surface area contributed by atoms with Crippen molar-refractivity contribution in [1.29, 1.82) is 5.26 Å². The molecule has 1 aliphatic rings. The van der Waals surface area contributed by atoms with Crippen LogP contribution in [0.2, 0.25) is 0 Å². The molecule has 0 fully saturated rings. The van der Waals surface area contributed by atoms with E-state index in [1.54, 1.807) is 12.3 Å². The van der Waals surface area contributed by atoms with Crippen molar-refractivity contribution >= 4 is 11.5 Å². The number of rotatable bonds is 4. The number of hydrogen-bond donors (Lipinski definition) is 2. The minimum atomic E-state index is 0.505. The molecule has 0 aliphatic heterocycles. The smallest absolute Gasteiger partial charge is 0.144 e. The summed E-state index contributed by atoms with van der Waals surface area (Å²) in [5.41, 5.74) is 8.11. The highest BCUT2D eigenvalue weighted by Crippen LogP contribution is 2.21. The van der Waals surface area contributed by atoms with E-state index < -0.39 is 0 Å². The lowest BCUT2D eigenvalue weighted by Crippen LogP contribution is -2.06. The Hall–Kier alpha value is -2.02. The van der Waals surface area contributed by atoms with E-state index >= 15 is 0 Å². The molecule has 88 valence electrons. The summed E-state index contributed by atoms with van der Waals surface area (Å²) in [4.78, 5) is 4.14. The maximum Gasteiger partial charge on any atom is 0.144 e. The Labute approximate surface area is 101 Å². The second-order valence-corrected chi connectivity index (χ2v) is 4.21. The first-order valence-corrected chi connectivity index (χ1v) is 5.87. The van der Waals surface area contributed by atoms with Gasteiger partial charge in [0.25, 0.3) is 0 Å². The molecule has 1 aromatic rings. The van der Waals surface area contributed by atoms with Crippen LogP contribution in [-0.4, -0.2) is 11.5 Å². The molecule has 17 heavy (non-hydrogen) atoms. The third kappa shape index (κ3) is 2.97. The van der Waals surface area contributed by atoms with E-state index in [1.807, 2.05) is 0 Å². The van der Waals surface area contributed by atoms with Crippen molar-refractivity contribution in [3.8, 4) is 6.07 Å². The van der Waals surface area contributed by atoms with E-state index in [9.17, 15) is 0 Å². The van der Waals surface area contributed by atoms with Gasteiger partial charge in [0.1, 0.15) is 11.9 Å². The van der Waals surface area contributed by atoms with Crippen molar-refractivity contribution < 1.29 is 0 Å². The highest BCUT2D eigenvalue weighted by atomic mass is 15.0. The van der Waals surface area contributed by atoms with Crippen LogP contribution in [0.1, 0.15) is 31.2 Å². The van der Waals surface area contributed by atoms with Crippen LogP contribution in [0.5, 0.6) is 0 Å². The quantitative estimate of drug-likeness (QED) is 0.776. The van der Waals surface area contributed by atoms with Gasteiger partial charge in [-0.3, -0.25) is 0 Å². The van der Waals surface area contributed by atoms with Crippen LogP contribution in [-0.2, 0) is 0 Å². The monoisotopic (exact) mass is 228 g/mol. The van der Waals surface area contributed by atoms with E-state index in [2.05, 4.69) is 22.4 Å². The summed E-state index contributed by atoms with van der Waals surface area (Å²) in [6.07, 6.45) is 8.60. The predicted octanol–water partition coefficient (Wildman–Crippen LogP) is 2.45. The fraction of sp³-hybridized carbons (Fsp3) is 0.385. The van der Waals surface area contributed by atoms with Crippen molar-refractivity contribution in [2.24, 2.45) is 0 Å². The first-order valence-electron chi connectivity index (χ1n) is 5.87. The number of nitrogens with two attached hydrogens (primary N) is 1. The van der Waals surface area contributed by atoms with Crippen LogP contribution < -0.4 is 11.1 Å². The molecule has 1 aliphatic carbocycles. The summed E-state index contributed by atoms with van der Waals surface area (Å²) in [6.45, 7) is 0.817. The number of pyridine rings is 1. The zero-order valence-corrected chi connectivity index (χ0v) is 9.74. The summed E-state index contributed by atoms with van der Waals surface area (Å²) in [5.74, 6) is 0.625. The fourth-order valence-electron chi connectivity index (χ4n) is 2.01. The number of nitriles is 1. The molecule has 3 N–H and O–H groups in total. The van der Waals surface area contributed by atoms with Crippen molar-refractivity contribution in [1.82, 2.24) is 4.98 Å². The molecule has 1 aromatic heterocycles. The molecule has 0 saturated carbocycles. The average molecular weight is 228 g/mol. The Morgan fingerprint density at radius 3 is 3.12 bits per heavy atom. The molecular formula is C13H16N4. The average Bonchev–Trinajstić information content (AvgIpc) is 2.84. The van der Waals surface area contributed by atoms with Crippen LogP contribution in [0.15, 0.2) is 23.9 Å². The Kier molecular flexibility index (Phi) is 3.61. The van der Waals surface area contributed by atoms with Crippen LogP contribution in [0.3, 0.4) is 0 Å². The van der Waals surface area contributed by atoms with Crippen molar-refractivity contribution in [2.45, 2.75) is 25.7 Å². The molecule has 1 heterocycles. The molecule has 0 amide bonds. The summed E-state index contributed by atoms with van der Waals surface area (Å²) in [6, 6.07) is 3.74. The van der Waals surface area contributed by atoms with Gasteiger partial charge in [-0.15, -0.1) is 0 Å². The molecule has 0 spiro atoms. The van der Waals surface area contributed by atoms with E-state index in [4.69, 9.17) is 11.0 Å². The van der Waals surface area contributed by atoms with Gasteiger partial charge in [0, 0.05) is 6.54 Å².